The number of benzene rings is 1. The predicted octanol–water partition coefficient (Wildman–Crippen LogP) is 2.91. The Hall–Kier alpha value is -3.15. The number of nitrogens with zero attached hydrogens (tertiary/aromatic N) is 3. The highest BCUT2D eigenvalue weighted by Crippen LogP contribution is 2.17. The van der Waals surface area contributed by atoms with Gasteiger partial charge in [-0.2, -0.15) is 5.10 Å². The van der Waals surface area contributed by atoms with Gasteiger partial charge in [-0.05, 0) is 36.1 Å². The first-order valence-electron chi connectivity index (χ1n) is 8.70. The number of aryl methyl sites for hydroxylation is 2. The molecule has 0 aliphatic carbocycles. The van der Waals surface area contributed by atoms with Crippen LogP contribution in [0.25, 0.3) is 11.3 Å². The van der Waals surface area contributed by atoms with Gasteiger partial charge in [-0.3, -0.25) is 9.67 Å². The van der Waals surface area contributed by atoms with E-state index in [2.05, 4.69) is 32.8 Å². The molecule has 0 radical (unpaired) electrons. The number of rotatable bonds is 7. The summed E-state index contributed by atoms with van der Waals surface area (Å²) < 4.78 is 1.80. The Kier molecular flexibility index (Phi) is 5.98. The number of aromatic nitrogens is 3. The summed E-state index contributed by atoms with van der Waals surface area (Å²) in [4.78, 5) is 16.2. The third-order valence-electron chi connectivity index (χ3n) is 4.14. The minimum Gasteiger partial charge on any atom is -0.338 e. The second-order valence-electron chi connectivity index (χ2n) is 6.12. The Labute approximate surface area is 153 Å². The molecule has 2 heterocycles. The molecule has 3 aromatic rings. The Balaban J connectivity index is 1.42. The maximum atomic E-state index is 11.9. The highest BCUT2D eigenvalue weighted by atomic mass is 16.2. The lowest BCUT2D eigenvalue weighted by Gasteiger charge is -2.09. The fourth-order valence-corrected chi connectivity index (χ4v) is 2.77. The van der Waals surface area contributed by atoms with E-state index in [1.54, 1.807) is 23.3 Å². The van der Waals surface area contributed by atoms with Crippen LogP contribution in [0.3, 0.4) is 0 Å². The molecule has 2 amide bonds. The van der Waals surface area contributed by atoms with Gasteiger partial charge in [0.25, 0.3) is 0 Å². The molecule has 0 unspecified atom stereocenters. The summed E-state index contributed by atoms with van der Waals surface area (Å²) in [7, 11) is 1.89. The second kappa shape index (κ2) is 8.80. The number of hydrogen-bond acceptors (Lipinski definition) is 3. The first kappa shape index (κ1) is 17.7. The number of amides is 2. The van der Waals surface area contributed by atoms with Gasteiger partial charge in [-0.25, -0.2) is 4.79 Å². The van der Waals surface area contributed by atoms with E-state index in [1.807, 2.05) is 37.4 Å². The van der Waals surface area contributed by atoms with Gasteiger partial charge < -0.3 is 10.6 Å². The number of carbonyl (C=O) groups excluding carboxylic acids is 1. The lowest BCUT2D eigenvalue weighted by atomic mass is 10.1. The zero-order valence-corrected chi connectivity index (χ0v) is 14.9. The van der Waals surface area contributed by atoms with Crippen molar-refractivity contribution in [1.29, 1.82) is 0 Å². The van der Waals surface area contributed by atoms with Gasteiger partial charge in [0.1, 0.15) is 0 Å². The van der Waals surface area contributed by atoms with Crippen LogP contribution in [-0.2, 0) is 20.0 Å². The zero-order valence-electron chi connectivity index (χ0n) is 14.9. The molecule has 0 fully saturated rings. The fraction of sp³-hybridized carbons (Fsp3) is 0.250. The van der Waals surface area contributed by atoms with Crippen LogP contribution >= 0.6 is 0 Å². The van der Waals surface area contributed by atoms with Crippen molar-refractivity contribution in [3.8, 4) is 11.3 Å². The summed E-state index contributed by atoms with van der Waals surface area (Å²) in [5, 5.41) is 9.93. The van der Waals surface area contributed by atoms with Gasteiger partial charge >= 0.3 is 6.03 Å². The van der Waals surface area contributed by atoms with Gasteiger partial charge in [-0.15, -0.1) is 0 Å². The van der Waals surface area contributed by atoms with Gasteiger partial charge in [0.15, 0.2) is 0 Å². The van der Waals surface area contributed by atoms with Crippen LogP contribution in [0.1, 0.15) is 17.5 Å². The fourth-order valence-electron chi connectivity index (χ4n) is 2.77. The molecule has 0 saturated carbocycles. The first-order chi connectivity index (χ1) is 12.7. The average Bonchev–Trinajstić information content (AvgIpc) is 3.11. The Morgan fingerprint density at radius 3 is 2.69 bits per heavy atom. The molecule has 2 aromatic heterocycles. The average molecular weight is 349 g/mol. The monoisotopic (exact) mass is 349 g/mol. The lowest BCUT2D eigenvalue weighted by molar-refractivity contribution is 0.240. The Morgan fingerprint density at radius 1 is 1.08 bits per heavy atom. The van der Waals surface area contributed by atoms with Crippen molar-refractivity contribution in [2.45, 2.75) is 19.4 Å². The minimum atomic E-state index is -0.163. The molecular weight excluding hydrogens is 326 g/mol. The maximum absolute atomic E-state index is 11.9. The van der Waals surface area contributed by atoms with Crippen molar-refractivity contribution >= 4 is 6.03 Å². The molecule has 1 aromatic carbocycles. The number of urea groups is 1. The molecule has 0 bridgehead atoms. The Morgan fingerprint density at radius 2 is 1.92 bits per heavy atom. The summed E-state index contributed by atoms with van der Waals surface area (Å²) >= 11 is 0. The lowest BCUT2D eigenvalue weighted by Crippen LogP contribution is -2.35. The number of pyridine rings is 1. The van der Waals surface area contributed by atoms with Crippen LogP contribution in [0, 0.1) is 0 Å². The summed E-state index contributed by atoms with van der Waals surface area (Å²) in [6.45, 7) is 1.08. The van der Waals surface area contributed by atoms with Crippen LogP contribution in [0.4, 0.5) is 4.79 Å². The molecule has 2 N–H and O–H groups in total. The van der Waals surface area contributed by atoms with Crippen molar-refractivity contribution in [2.24, 2.45) is 7.05 Å². The summed E-state index contributed by atoms with van der Waals surface area (Å²) in [6, 6.07) is 14.1. The van der Waals surface area contributed by atoms with Crippen molar-refractivity contribution in [2.75, 3.05) is 6.54 Å². The highest BCUT2D eigenvalue weighted by molar-refractivity contribution is 5.73. The molecule has 6 nitrogen and oxygen atoms in total. The smallest absolute Gasteiger partial charge is 0.315 e. The van der Waals surface area contributed by atoms with Crippen molar-refractivity contribution in [3.05, 3.63) is 72.2 Å². The van der Waals surface area contributed by atoms with E-state index in [0.717, 1.165) is 29.7 Å². The molecule has 3 rings (SSSR count). The van der Waals surface area contributed by atoms with Crippen molar-refractivity contribution < 1.29 is 4.79 Å². The van der Waals surface area contributed by atoms with Crippen LogP contribution in [-0.4, -0.2) is 27.3 Å². The van der Waals surface area contributed by atoms with Gasteiger partial charge in [-0.1, -0.05) is 30.3 Å². The molecule has 6 heteroatoms. The van der Waals surface area contributed by atoms with Crippen LogP contribution < -0.4 is 10.6 Å². The molecule has 0 aliphatic heterocycles. The first-order valence-corrected chi connectivity index (χ1v) is 8.70. The molecule has 134 valence electrons. The quantitative estimate of drug-likeness (QED) is 0.644. The number of nitrogens with one attached hydrogen (secondary N) is 2. The highest BCUT2D eigenvalue weighted by Gasteiger charge is 2.05. The minimum absolute atomic E-state index is 0.163. The molecule has 0 aliphatic rings. The normalized spacial score (nSPS) is 10.5. The summed E-state index contributed by atoms with van der Waals surface area (Å²) in [6.07, 6.45) is 7.18. The van der Waals surface area contributed by atoms with Crippen LogP contribution in [0.2, 0.25) is 0 Å². The van der Waals surface area contributed by atoms with Gasteiger partial charge in [0, 0.05) is 44.3 Å². The van der Waals surface area contributed by atoms with E-state index in [4.69, 9.17) is 0 Å². The number of hydrogen-bond donors (Lipinski definition) is 2. The van der Waals surface area contributed by atoms with Crippen LogP contribution in [0.15, 0.2) is 61.1 Å². The molecule has 0 saturated heterocycles. The molecule has 26 heavy (non-hydrogen) atoms. The van der Waals surface area contributed by atoms with E-state index in [-0.39, 0.29) is 6.03 Å². The third-order valence-corrected chi connectivity index (χ3v) is 4.14. The van der Waals surface area contributed by atoms with Crippen molar-refractivity contribution in [1.82, 2.24) is 25.4 Å². The van der Waals surface area contributed by atoms with E-state index >= 15 is 0 Å². The number of carbonyl (C=O) groups is 1. The van der Waals surface area contributed by atoms with Crippen molar-refractivity contribution in [3.63, 3.8) is 0 Å². The van der Waals surface area contributed by atoms with E-state index in [0.29, 0.717) is 13.1 Å². The van der Waals surface area contributed by atoms with E-state index in [9.17, 15) is 4.79 Å². The molecular formula is C20H23N5O. The van der Waals surface area contributed by atoms with Crippen LogP contribution in [0.5, 0.6) is 0 Å². The summed E-state index contributed by atoms with van der Waals surface area (Å²) in [5.41, 5.74) is 4.20. The Bertz CT molecular complexity index is 844. The predicted molar refractivity (Wildman–Crippen MR) is 101 cm³/mol. The van der Waals surface area contributed by atoms with Gasteiger partial charge in [0.05, 0.1) is 5.69 Å². The van der Waals surface area contributed by atoms with E-state index < -0.39 is 0 Å². The molecule has 0 spiro atoms. The molecule has 0 atom stereocenters. The summed E-state index contributed by atoms with van der Waals surface area (Å²) in [5.74, 6) is 0. The van der Waals surface area contributed by atoms with E-state index in [1.165, 1.54) is 5.56 Å². The van der Waals surface area contributed by atoms with Gasteiger partial charge in [0.2, 0.25) is 0 Å². The largest absolute Gasteiger partial charge is 0.338 e. The zero-order chi connectivity index (χ0) is 18.2. The SMILES string of the molecule is Cn1nccc1-c1cncc(CNC(=O)NCCCc2ccccc2)c1. The third kappa shape index (κ3) is 4.92. The topological polar surface area (TPSA) is 71.8 Å². The standard InChI is InChI=1S/C20H23N5O/c1-25-19(9-11-24-25)18-12-17(13-21-15-18)14-23-20(26)22-10-5-8-16-6-3-2-4-7-16/h2-4,6-7,9,11-13,15H,5,8,10,14H2,1H3,(H2,22,23,26). The maximum Gasteiger partial charge on any atom is 0.315 e. The second-order valence-corrected chi connectivity index (χ2v) is 6.12.